The first kappa shape index (κ1) is 20.6. The molecule has 2 aromatic rings. The first-order chi connectivity index (χ1) is 10.1. The van der Waals surface area contributed by atoms with Crippen LogP contribution in [0.15, 0.2) is 22.9 Å². The summed E-state index contributed by atoms with van der Waals surface area (Å²) in [6, 6.07) is 3.41. The standard InChI is InChI=1S/C15H19BrFN3O.2ClH/c16-10-7-14-13(8-11(10)17)19-9-20(14)6-2-3-12-15(21)4-1-5-18-12;;/h7-9,12,15,18,21H,1-6H2;2*1H/t12-,15+;;/m1../s1. The highest BCUT2D eigenvalue weighted by Gasteiger charge is 2.21. The van der Waals surface area contributed by atoms with Gasteiger partial charge in [-0.3, -0.25) is 0 Å². The van der Waals surface area contributed by atoms with Gasteiger partial charge in [-0.15, -0.1) is 24.8 Å². The average Bonchev–Trinajstić information content (AvgIpc) is 2.84. The SMILES string of the molecule is Cl.Cl.O[C@H]1CCCN[C@@H]1CCCn1cnc2cc(F)c(Br)cc21. The van der Waals surface area contributed by atoms with Crippen molar-refractivity contribution in [3.63, 3.8) is 0 Å². The molecule has 0 unspecified atom stereocenters. The van der Waals surface area contributed by atoms with E-state index >= 15 is 0 Å². The Balaban J connectivity index is 0.00000132. The fourth-order valence-electron chi connectivity index (χ4n) is 2.94. The number of halogens is 4. The second kappa shape index (κ2) is 9.18. The van der Waals surface area contributed by atoms with Gasteiger partial charge in [0.25, 0.3) is 0 Å². The number of aliphatic hydroxyl groups is 1. The summed E-state index contributed by atoms with van der Waals surface area (Å²) in [5.41, 5.74) is 1.60. The van der Waals surface area contributed by atoms with Gasteiger partial charge >= 0.3 is 0 Å². The molecule has 0 aliphatic carbocycles. The van der Waals surface area contributed by atoms with E-state index in [4.69, 9.17) is 0 Å². The van der Waals surface area contributed by atoms with Gasteiger partial charge in [-0.2, -0.15) is 0 Å². The number of nitrogens with zero attached hydrogens (tertiary/aromatic N) is 2. The smallest absolute Gasteiger partial charge is 0.139 e. The predicted molar refractivity (Wildman–Crippen MR) is 98.2 cm³/mol. The van der Waals surface area contributed by atoms with E-state index in [0.717, 1.165) is 44.3 Å². The van der Waals surface area contributed by atoms with Crippen molar-refractivity contribution in [2.45, 2.75) is 44.4 Å². The third-order valence-corrected chi connectivity index (χ3v) is 4.73. The molecule has 1 saturated heterocycles. The van der Waals surface area contributed by atoms with Crippen molar-refractivity contribution in [1.29, 1.82) is 0 Å². The Labute approximate surface area is 155 Å². The maximum atomic E-state index is 13.5. The number of nitrogens with one attached hydrogen (secondary N) is 1. The summed E-state index contributed by atoms with van der Waals surface area (Å²) in [6.07, 6.45) is 5.34. The molecule has 23 heavy (non-hydrogen) atoms. The number of aromatic nitrogens is 2. The molecule has 2 atom stereocenters. The summed E-state index contributed by atoms with van der Waals surface area (Å²) in [5.74, 6) is -0.290. The van der Waals surface area contributed by atoms with Crippen LogP contribution in [0, 0.1) is 5.82 Å². The maximum absolute atomic E-state index is 13.5. The second-order valence-electron chi connectivity index (χ2n) is 5.61. The minimum Gasteiger partial charge on any atom is -0.392 e. The Kier molecular flexibility index (Phi) is 8.24. The molecule has 1 aromatic heterocycles. The van der Waals surface area contributed by atoms with Crippen molar-refractivity contribution in [2.75, 3.05) is 6.54 Å². The number of piperidine rings is 1. The molecule has 1 fully saturated rings. The Morgan fingerprint density at radius 1 is 1.39 bits per heavy atom. The normalized spacial score (nSPS) is 20.8. The predicted octanol–water partition coefficient (Wildman–Crippen LogP) is 3.67. The van der Waals surface area contributed by atoms with Crippen molar-refractivity contribution in [2.24, 2.45) is 0 Å². The molecule has 0 bridgehead atoms. The van der Waals surface area contributed by atoms with Crippen LogP contribution in [-0.4, -0.2) is 33.3 Å². The minimum absolute atomic E-state index is 0. The van der Waals surface area contributed by atoms with Gasteiger partial charge in [0, 0.05) is 18.7 Å². The topological polar surface area (TPSA) is 50.1 Å². The fourth-order valence-corrected chi connectivity index (χ4v) is 3.27. The molecule has 0 radical (unpaired) electrons. The maximum Gasteiger partial charge on any atom is 0.139 e. The Morgan fingerprint density at radius 3 is 2.91 bits per heavy atom. The molecule has 1 aliphatic heterocycles. The Bertz CT molecular complexity index is 640. The highest BCUT2D eigenvalue weighted by Crippen LogP contribution is 2.23. The van der Waals surface area contributed by atoms with Crippen LogP contribution in [0.1, 0.15) is 25.7 Å². The number of hydrogen-bond donors (Lipinski definition) is 2. The molecule has 2 N–H and O–H groups in total. The monoisotopic (exact) mass is 427 g/mol. The lowest BCUT2D eigenvalue weighted by molar-refractivity contribution is 0.0909. The lowest BCUT2D eigenvalue weighted by Crippen LogP contribution is -2.44. The molecule has 0 saturated carbocycles. The number of imidazole rings is 1. The van der Waals surface area contributed by atoms with Crippen LogP contribution in [-0.2, 0) is 6.54 Å². The first-order valence-corrected chi connectivity index (χ1v) is 8.16. The molecule has 4 nitrogen and oxygen atoms in total. The molecular formula is C15H21BrCl2FN3O. The summed E-state index contributed by atoms with van der Waals surface area (Å²) in [6.45, 7) is 1.81. The highest BCUT2D eigenvalue weighted by atomic mass is 79.9. The van der Waals surface area contributed by atoms with Crippen molar-refractivity contribution in [3.8, 4) is 0 Å². The lowest BCUT2D eigenvalue weighted by atomic mass is 9.97. The van der Waals surface area contributed by atoms with Gasteiger partial charge in [-0.05, 0) is 54.2 Å². The van der Waals surface area contributed by atoms with Gasteiger partial charge in [-0.25, -0.2) is 9.37 Å². The zero-order chi connectivity index (χ0) is 14.8. The number of fused-ring (bicyclic) bond motifs is 1. The van der Waals surface area contributed by atoms with Crippen LogP contribution >= 0.6 is 40.7 Å². The third-order valence-electron chi connectivity index (χ3n) is 4.12. The average molecular weight is 429 g/mol. The molecule has 1 aliphatic rings. The highest BCUT2D eigenvalue weighted by molar-refractivity contribution is 9.10. The van der Waals surface area contributed by atoms with Crippen LogP contribution in [0.25, 0.3) is 11.0 Å². The van der Waals surface area contributed by atoms with Crippen LogP contribution in [0.5, 0.6) is 0 Å². The van der Waals surface area contributed by atoms with E-state index in [1.807, 2.05) is 4.57 Å². The molecule has 3 rings (SSSR count). The van der Waals surface area contributed by atoms with Gasteiger partial charge in [0.2, 0.25) is 0 Å². The summed E-state index contributed by atoms with van der Waals surface area (Å²) >= 11 is 3.21. The molecule has 0 amide bonds. The molecule has 0 spiro atoms. The first-order valence-electron chi connectivity index (χ1n) is 7.36. The van der Waals surface area contributed by atoms with Crippen LogP contribution < -0.4 is 5.32 Å². The van der Waals surface area contributed by atoms with Gasteiger partial charge in [0.15, 0.2) is 0 Å². The molecule has 1 aromatic carbocycles. The van der Waals surface area contributed by atoms with Crippen molar-refractivity contribution in [1.82, 2.24) is 14.9 Å². The van der Waals surface area contributed by atoms with E-state index in [0.29, 0.717) is 9.99 Å². The molecule has 130 valence electrons. The lowest BCUT2D eigenvalue weighted by Gasteiger charge is -2.29. The Hall–Kier alpha value is -0.400. The summed E-state index contributed by atoms with van der Waals surface area (Å²) in [7, 11) is 0. The van der Waals surface area contributed by atoms with Crippen molar-refractivity contribution in [3.05, 3.63) is 28.7 Å². The molecule has 8 heteroatoms. The van der Waals surface area contributed by atoms with Crippen LogP contribution in [0.2, 0.25) is 0 Å². The van der Waals surface area contributed by atoms with Crippen LogP contribution in [0.4, 0.5) is 4.39 Å². The summed E-state index contributed by atoms with van der Waals surface area (Å²) in [5, 5.41) is 13.3. The summed E-state index contributed by atoms with van der Waals surface area (Å²) in [4.78, 5) is 4.24. The largest absolute Gasteiger partial charge is 0.392 e. The van der Waals surface area contributed by atoms with E-state index in [-0.39, 0.29) is 42.8 Å². The number of hydrogen-bond acceptors (Lipinski definition) is 3. The fraction of sp³-hybridized carbons (Fsp3) is 0.533. The van der Waals surface area contributed by atoms with Gasteiger partial charge in [0.1, 0.15) is 5.82 Å². The van der Waals surface area contributed by atoms with Gasteiger partial charge in [-0.1, -0.05) is 0 Å². The zero-order valence-corrected chi connectivity index (χ0v) is 15.8. The van der Waals surface area contributed by atoms with Crippen molar-refractivity contribution < 1.29 is 9.50 Å². The number of rotatable bonds is 4. The van der Waals surface area contributed by atoms with Crippen molar-refractivity contribution >= 4 is 51.8 Å². The van der Waals surface area contributed by atoms with E-state index in [9.17, 15) is 9.50 Å². The summed E-state index contributed by atoms with van der Waals surface area (Å²) < 4.78 is 16.0. The van der Waals surface area contributed by atoms with E-state index in [1.165, 1.54) is 6.07 Å². The quantitative estimate of drug-likeness (QED) is 0.780. The number of aryl methyl sites for hydroxylation is 1. The second-order valence-corrected chi connectivity index (χ2v) is 6.46. The molecular weight excluding hydrogens is 408 g/mol. The van der Waals surface area contributed by atoms with Gasteiger partial charge < -0.3 is 15.0 Å². The number of aliphatic hydroxyl groups excluding tert-OH is 1. The van der Waals surface area contributed by atoms with E-state index in [1.54, 1.807) is 12.4 Å². The Morgan fingerprint density at radius 2 is 2.17 bits per heavy atom. The van der Waals surface area contributed by atoms with Gasteiger partial charge in [0.05, 0.1) is 27.9 Å². The number of benzene rings is 1. The van der Waals surface area contributed by atoms with E-state index in [2.05, 4.69) is 26.2 Å². The van der Waals surface area contributed by atoms with E-state index < -0.39 is 0 Å². The minimum atomic E-state index is -0.290. The zero-order valence-electron chi connectivity index (χ0n) is 12.5. The van der Waals surface area contributed by atoms with Crippen LogP contribution in [0.3, 0.4) is 0 Å². The molecule has 2 heterocycles. The third kappa shape index (κ3) is 4.79.